The largest absolute Gasteiger partial charge is 0.479 e. The number of halogens is 1. The molecule has 0 amide bonds. The van der Waals surface area contributed by atoms with Crippen LogP contribution in [0, 0.1) is 0 Å². The highest BCUT2D eigenvalue weighted by Gasteiger charge is 2.44. The summed E-state index contributed by atoms with van der Waals surface area (Å²) in [4.78, 5) is 9.56. The third kappa shape index (κ3) is 2.12. The molecule has 1 aromatic carbocycles. The second-order valence-corrected chi connectivity index (χ2v) is 5.09. The third-order valence-corrected chi connectivity index (χ3v) is 4.14. The number of thioether (sulfide) groups is 1. The van der Waals surface area contributed by atoms with Gasteiger partial charge >= 0.3 is 5.97 Å². The molecule has 2 rings (SSSR count). The van der Waals surface area contributed by atoms with Crippen molar-refractivity contribution in [2.75, 3.05) is 5.75 Å². The van der Waals surface area contributed by atoms with E-state index in [4.69, 9.17) is 16.7 Å². The molecule has 2 atom stereocenters. The van der Waals surface area contributed by atoms with Crippen LogP contribution >= 0.6 is 23.4 Å². The summed E-state index contributed by atoms with van der Waals surface area (Å²) >= 11 is 7.43. The van der Waals surface area contributed by atoms with E-state index in [1.54, 1.807) is 0 Å². The number of carboxylic acid groups (broad SMARTS) is 1. The molecule has 2 unspecified atom stereocenters. The highest BCUT2D eigenvalue weighted by Crippen LogP contribution is 2.39. The fourth-order valence-corrected chi connectivity index (χ4v) is 3.02. The van der Waals surface area contributed by atoms with Crippen molar-refractivity contribution in [3.8, 4) is 0 Å². The van der Waals surface area contributed by atoms with Crippen LogP contribution in [0.2, 0.25) is 0 Å². The lowest BCUT2D eigenvalue weighted by atomic mass is 10.2. The van der Waals surface area contributed by atoms with E-state index in [1.165, 1.54) is 11.8 Å². The van der Waals surface area contributed by atoms with Gasteiger partial charge in [0.05, 0.1) is 5.37 Å². The van der Waals surface area contributed by atoms with Crippen molar-refractivity contribution in [1.29, 1.82) is 0 Å². The number of nitrogens with one attached hydrogen (secondary N) is 1. The molecule has 1 aliphatic heterocycles. The lowest BCUT2D eigenvalue weighted by molar-refractivity contribution is -0.140. The molecule has 1 aliphatic rings. The van der Waals surface area contributed by atoms with Crippen LogP contribution in [-0.4, -0.2) is 21.8 Å². The molecule has 5 heteroatoms. The van der Waals surface area contributed by atoms with Crippen LogP contribution in [0.15, 0.2) is 30.3 Å². The molecule has 1 saturated heterocycles. The van der Waals surface area contributed by atoms with Gasteiger partial charge in [0, 0.05) is 5.75 Å². The van der Waals surface area contributed by atoms with Gasteiger partial charge in [0.15, 0.2) is 0 Å². The molecule has 0 aliphatic carbocycles. The monoisotopic (exact) mass is 243 g/mol. The van der Waals surface area contributed by atoms with Crippen LogP contribution in [0.1, 0.15) is 10.9 Å². The summed E-state index contributed by atoms with van der Waals surface area (Å²) in [6.45, 7) is 0. The number of alkyl halides is 1. The normalized spacial score (nSPS) is 30.3. The van der Waals surface area contributed by atoms with Crippen molar-refractivity contribution < 1.29 is 9.90 Å². The van der Waals surface area contributed by atoms with Gasteiger partial charge in [-0.05, 0) is 5.56 Å². The molecule has 1 aromatic rings. The lowest BCUT2D eigenvalue weighted by Crippen LogP contribution is -2.44. The number of aliphatic carboxylic acids is 1. The minimum absolute atomic E-state index is 0.0419. The van der Waals surface area contributed by atoms with Crippen molar-refractivity contribution in [3.63, 3.8) is 0 Å². The third-order valence-electron chi connectivity index (χ3n) is 2.25. The predicted octanol–water partition coefficient (Wildman–Crippen LogP) is 2.04. The SMILES string of the molecule is O=C(O)C1(Cl)CSC(c2ccccc2)N1. The molecule has 0 spiro atoms. The van der Waals surface area contributed by atoms with Crippen molar-refractivity contribution in [1.82, 2.24) is 5.32 Å². The number of hydrogen-bond donors (Lipinski definition) is 2. The highest BCUT2D eigenvalue weighted by atomic mass is 35.5. The van der Waals surface area contributed by atoms with Crippen LogP contribution < -0.4 is 5.32 Å². The summed E-state index contributed by atoms with van der Waals surface area (Å²) in [6, 6.07) is 9.68. The fourth-order valence-electron chi connectivity index (χ4n) is 1.42. The summed E-state index contributed by atoms with van der Waals surface area (Å²) in [5.74, 6) is -0.654. The molecule has 0 aromatic heterocycles. The molecular formula is C10H10ClNO2S. The van der Waals surface area contributed by atoms with Gasteiger partial charge in [-0.2, -0.15) is 0 Å². The molecule has 1 fully saturated rings. The average Bonchev–Trinajstić information content (AvgIpc) is 2.64. The lowest BCUT2D eigenvalue weighted by Gasteiger charge is -2.17. The van der Waals surface area contributed by atoms with Crippen LogP contribution in [-0.2, 0) is 4.79 Å². The van der Waals surface area contributed by atoms with Crippen LogP contribution in [0.25, 0.3) is 0 Å². The summed E-state index contributed by atoms with van der Waals surface area (Å²) in [5.41, 5.74) is 1.05. The molecule has 0 bridgehead atoms. The minimum atomic E-state index is -1.33. The van der Waals surface area contributed by atoms with E-state index in [2.05, 4.69) is 5.32 Å². The Morgan fingerprint density at radius 1 is 1.53 bits per heavy atom. The molecule has 80 valence electrons. The van der Waals surface area contributed by atoms with Crippen molar-refractivity contribution in [3.05, 3.63) is 35.9 Å². The molecular weight excluding hydrogens is 234 g/mol. The maximum atomic E-state index is 10.9. The van der Waals surface area contributed by atoms with Crippen LogP contribution in [0.5, 0.6) is 0 Å². The molecule has 0 radical (unpaired) electrons. The van der Waals surface area contributed by atoms with E-state index >= 15 is 0 Å². The Bertz CT molecular complexity index is 373. The Hall–Kier alpha value is -0.710. The number of benzene rings is 1. The summed E-state index contributed by atoms with van der Waals surface area (Å²) in [7, 11) is 0. The van der Waals surface area contributed by atoms with Crippen molar-refractivity contribution in [2.45, 2.75) is 10.4 Å². The molecule has 3 nitrogen and oxygen atoms in total. The van der Waals surface area contributed by atoms with Gasteiger partial charge < -0.3 is 5.11 Å². The second kappa shape index (κ2) is 4.04. The Kier molecular flexibility index (Phi) is 2.91. The number of carboxylic acids is 1. The first-order valence-corrected chi connectivity index (χ1v) is 5.91. The summed E-state index contributed by atoms with van der Waals surface area (Å²) in [6.07, 6.45) is 0. The number of carbonyl (C=O) groups is 1. The maximum absolute atomic E-state index is 10.9. The zero-order valence-corrected chi connectivity index (χ0v) is 9.39. The number of rotatable bonds is 2. The number of hydrogen-bond acceptors (Lipinski definition) is 3. The van der Waals surface area contributed by atoms with E-state index in [-0.39, 0.29) is 5.37 Å². The smallest absolute Gasteiger partial charge is 0.340 e. The minimum Gasteiger partial charge on any atom is -0.479 e. The summed E-state index contributed by atoms with van der Waals surface area (Å²) in [5, 5.41) is 11.8. The molecule has 0 saturated carbocycles. The zero-order valence-electron chi connectivity index (χ0n) is 7.81. The van der Waals surface area contributed by atoms with Crippen molar-refractivity contribution >= 4 is 29.3 Å². The van der Waals surface area contributed by atoms with Gasteiger partial charge in [-0.15, -0.1) is 11.8 Å². The second-order valence-electron chi connectivity index (χ2n) is 3.35. The van der Waals surface area contributed by atoms with Gasteiger partial charge in [-0.25, -0.2) is 4.79 Å². The molecule has 1 heterocycles. The van der Waals surface area contributed by atoms with Gasteiger partial charge in [-0.3, -0.25) is 5.32 Å². The average molecular weight is 244 g/mol. The van der Waals surface area contributed by atoms with Crippen LogP contribution in [0.3, 0.4) is 0 Å². The first kappa shape index (κ1) is 10.8. The van der Waals surface area contributed by atoms with E-state index in [9.17, 15) is 4.79 Å². The predicted molar refractivity (Wildman–Crippen MR) is 61.0 cm³/mol. The first-order valence-electron chi connectivity index (χ1n) is 4.48. The van der Waals surface area contributed by atoms with Crippen LogP contribution in [0.4, 0.5) is 0 Å². The van der Waals surface area contributed by atoms with Gasteiger partial charge in [0.2, 0.25) is 5.00 Å². The molecule has 2 N–H and O–H groups in total. The first-order chi connectivity index (χ1) is 7.12. The topological polar surface area (TPSA) is 49.3 Å². The Morgan fingerprint density at radius 3 is 2.73 bits per heavy atom. The van der Waals surface area contributed by atoms with E-state index in [0.29, 0.717) is 5.75 Å². The molecule has 15 heavy (non-hydrogen) atoms. The summed E-state index contributed by atoms with van der Waals surface area (Å²) < 4.78 is 0. The Morgan fingerprint density at radius 2 is 2.20 bits per heavy atom. The zero-order chi connectivity index (χ0) is 10.9. The standard InChI is InChI=1S/C10H10ClNO2S/c11-10(9(13)14)6-15-8(12-10)7-4-2-1-3-5-7/h1-5,8,12H,6H2,(H,13,14). The van der Waals surface area contributed by atoms with Crippen molar-refractivity contribution in [2.24, 2.45) is 0 Å². The maximum Gasteiger partial charge on any atom is 0.340 e. The quantitative estimate of drug-likeness (QED) is 0.617. The van der Waals surface area contributed by atoms with E-state index in [1.807, 2.05) is 30.3 Å². The van der Waals surface area contributed by atoms with Gasteiger partial charge in [0.25, 0.3) is 0 Å². The van der Waals surface area contributed by atoms with E-state index < -0.39 is 11.0 Å². The van der Waals surface area contributed by atoms with Gasteiger partial charge in [0.1, 0.15) is 0 Å². The Labute approximate surface area is 96.8 Å². The fraction of sp³-hybridized carbons (Fsp3) is 0.300. The van der Waals surface area contributed by atoms with Gasteiger partial charge in [-0.1, -0.05) is 41.9 Å². The highest BCUT2D eigenvalue weighted by molar-refractivity contribution is 7.99. The Balaban J connectivity index is 2.14. The van der Waals surface area contributed by atoms with E-state index in [0.717, 1.165) is 5.56 Å².